The maximum atomic E-state index is 11.5. The van der Waals surface area contributed by atoms with E-state index in [0.717, 1.165) is 4.52 Å². The van der Waals surface area contributed by atoms with E-state index in [0.29, 0.717) is 22.7 Å². The minimum absolute atomic E-state index is 0.0920. The van der Waals surface area contributed by atoms with Gasteiger partial charge in [-0.15, -0.1) is 5.10 Å². The van der Waals surface area contributed by atoms with E-state index in [1.54, 1.807) is 30.3 Å². The average molecular weight is 288 g/mol. The lowest BCUT2D eigenvalue weighted by molar-refractivity contribution is 0.280. The standard InChI is InChI=1S/C13H12N4O4/c1-20-10-6-8(7-18)2-3-9(10)21-12-5-4-11-14-15-13(19)17(11)16-12/h2-6,18H,7H2,1H3,(H,15,19). The highest BCUT2D eigenvalue weighted by Crippen LogP contribution is 2.31. The Labute approximate surface area is 118 Å². The number of hydrogen-bond donors (Lipinski definition) is 2. The molecule has 2 aromatic heterocycles. The minimum Gasteiger partial charge on any atom is -0.493 e. The van der Waals surface area contributed by atoms with Crippen LogP contribution in [0, 0.1) is 0 Å². The van der Waals surface area contributed by atoms with Crippen LogP contribution in [0.25, 0.3) is 5.65 Å². The van der Waals surface area contributed by atoms with E-state index in [1.165, 1.54) is 7.11 Å². The predicted octanol–water partition coefficient (Wildman–Crippen LogP) is 0.711. The maximum absolute atomic E-state index is 11.5. The van der Waals surface area contributed by atoms with Crippen LogP contribution in [0.15, 0.2) is 35.1 Å². The van der Waals surface area contributed by atoms with Crippen molar-refractivity contribution in [3.05, 3.63) is 46.4 Å². The molecule has 8 heteroatoms. The van der Waals surface area contributed by atoms with E-state index in [1.807, 2.05) is 0 Å². The Bertz CT molecular complexity index is 840. The lowest BCUT2D eigenvalue weighted by Gasteiger charge is -2.10. The molecule has 21 heavy (non-hydrogen) atoms. The SMILES string of the molecule is COc1cc(CO)ccc1Oc1ccc2n[nH]c(=O)n2n1. The van der Waals surface area contributed by atoms with Gasteiger partial charge in [-0.25, -0.2) is 9.89 Å². The van der Waals surface area contributed by atoms with Crippen molar-refractivity contribution in [1.29, 1.82) is 0 Å². The Hall–Kier alpha value is -2.87. The molecule has 2 heterocycles. The molecule has 3 aromatic rings. The third-order valence-electron chi connectivity index (χ3n) is 2.87. The van der Waals surface area contributed by atoms with E-state index in [2.05, 4.69) is 15.3 Å². The van der Waals surface area contributed by atoms with Gasteiger partial charge < -0.3 is 14.6 Å². The zero-order chi connectivity index (χ0) is 14.8. The second kappa shape index (κ2) is 5.25. The van der Waals surface area contributed by atoms with Gasteiger partial charge in [-0.05, 0) is 23.8 Å². The average Bonchev–Trinajstić information content (AvgIpc) is 2.89. The van der Waals surface area contributed by atoms with Gasteiger partial charge in [0.25, 0.3) is 0 Å². The fraction of sp³-hybridized carbons (Fsp3) is 0.154. The summed E-state index contributed by atoms with van der Waals surface area (Å²) < 4.78 is 11.9. The van der Waals surface area contributed by atoms with Crippen LogP contribution in [0.5, 0.6) is 17.4 Å². The number of nitrogens with zero attached hydrogens (tertiary/aromatic N) is 3. The molecule has 3 rings (SSSR count). The van der Waals surface area contributed by atoms with E-state index < -0.39 is 5.69 Å². The Morgan fingerprint density at radius 3 is 2.90 bits per heavy atom. The monoisotopic (exact) mass is 288 g/mol. The Balaban J connectivity index is 1.97. The summed E-state index contributed by atoms with van der Waals surface area (Å²) in [6.45, 7) is -0.0920. The fourth-order valence-corrected chi connectivity index (χ4v) is 1.85. The number of aliphatic hydroxyl groups excluding tert-OH is 1. The molecular formula is C13H12N4O4. The molecule has 2 N–H and O–H groups in total. The van der Waals surface area contributed by atoms with Crippen molar-refractivity contribution in [1.82, 2.24) is 19.8 Å². The molecule has 0 aliphatic heterocycles. The Morgan fingerprint density at radius 1 is 1.29 bits per heavy atom. The zero-order valence-corrected chi connectivity index (χ0v) is 11.1. The molecule has 0 radical (unpaired) electrons. The summed E-state index contributed by atoms with van der Waals surface area (Å²) in [7, 11) is 1.50. The molecule has 0 bridgehead atoms. The first kappa shape index (κ1) is 13.1. The van der Waals surface area contributed by atoms with Crippen LogP contribution in [-0.2, 0) is 6.61 Å². The molecular weight excluding hydrogens is 276 g/mol. The van der Waals surface area contributed by atoms with Crippen LogP contribution in [-0.4, -0.2) is 32.0 Å². The molecule has 0 aliphatic carbocycles. The highest BCUT2D eigenvalue weighted by atomic mass is 16.5. The highest BCUT2D eigenvalue weighted by molar-refractivity contribution is 5.45. The summed E-state index contributed by atoms with van der Waals surface area (Å²) >= 11 is 0. The van der Waals surface area contributed by atoms with E-state index in [9.17, 15) is 4.79 Å². The molecule has 1 aromatic carbocycles. The van der Waals surface area contributed by atoms with Crippen molar-refractivity contribution in [2.24, 2.45) is 0 Å². The zero-order valence-electron chi connectivity index (χ0n) is 11.1. The summed E-state index contributed by atoms with van der Waals surface area (Å²) in [4.78, 5) is 11.5. The number of benzene rings is 1. The van der Waals surface area contributed by atoms with Crippen molar-refractivity contribution in [3.8, 4) is 17.4 Å². The number of aromatic nitrogens is 4. The number of ether oxygens (including phenoxy) is 2. The molecule has 0 amide bonds. The minimum atomic E-state index is -0.446. The number of hydrogen-bond acceptors (Lipinski definition) is 6. The number of fused-ring (bicyclic) bond motifs is 1. The number of nitrogens with one attached hydrogen (secondary N) is 1. The van der Waals surface area contributed by atoms with E-state index in [-0.39, 0.29) is 12.5 Å². The van der Waals surface area contributed by atoms with Crippen LogP contribution in [0.3, 0.4) is 0 Å². The van der Waals surface area contributed by atoms with Crippen LogP contribution < -0.4 is 15.2 Å². The van der Waals surface area contributed by atoms with Crippen LogP contribution in [0.2, 0.25) is 0 Å². The van der Waals surface area contributed by atoms with Gasteiger partial charge in [-0.2, -0.15) is 9.61 Å². The summed E-state index contributed by atoms with van der Waals surface area (Å²) in [5.74, 6) is 1.11. The molecule has 0 fully saturated rings. The second-order valence-electron chi connectivity index (χ2n) is 4.22. The molecule has 0 aliphatic rings. The van der Waals surface area contributed by atoms with Crippen molar-refractivity contribution in [3.63, 3.8) is 0 Å². The first-order chi connectivity index (χ1) is 10.2. The maximum Gasteiger partial charge on any atom is 0.364 e. The third-order valence-corrected chi connectivity index (χ3v) is 2.87. The number of aromatic amines is 1. The number of methoxy groups -OCH3 is 1. The molecule has 108 valence electrons. The highest BCUT2D eigenvalue weighted by Gasteiger charge is 2.09. The lowest BCUT2D eigenvalue weighted by atomic mass is 10.2. The van der Waals surface area contributed by atoms with Gasteiger partial charge in [0.2, 0.25) is 5.88 Å². The number of H-pyrrole nitrogens is 1. The lowest BCUT2D eigenvalue weighted by Crippen LogP contribution is -2.12. The normalized spacial score (nSPS) is 10.8. The van der Waals surface area contributed by atoms with Crippen molar-refractivity contribution in [2.45, 2.75) is 6.61 Å². The molecule has 0 atom stereocenters. The van der Waals surface area contributed by atoms with Gasteiger partial charge in [0, 0.05) is 6.07 Å². The van der Waals surface area contributed by atoms with Crippen molar-refractivity contribution in [2.75, 3.05) is 7.11 Å². The Kier molecular flexibility index (Phi) is 3.28. The first-order valence-electron chi connectivity index (χ1n) is 6.11. The van der Waals surface area contributed by atoms with E-state index in [4.69, 9.17) is 14.6 Å². The molecule has 0 spiro atoms. The third kappa shape index (κ3) is 2.43. The van der Waals surface area contributed by atoms with Gasteiger partial charge in [0.1, 0.15) is 0 Å². The summed E-state index contributed by atoms with van der Waals surface area (Å²) in [6.07, 6.45) is 0. The predicted molar refractivity (Wildman–Crippen MR) is 72.6 cm³/mol. The molecule has 0 saturated heterocycles. The van der Waals surface area contributed by atoms with Crippen LogP contribution in [0.1, 0.15) is 5.56 Å². The second-order valence-corrected chi connectivity index (χ2v) is 4.22. The van der Waals surface area contributed by atoms with Gasteiger partial charge in [0.05, 0.1) is 13.7 Å². The topological polar surface area (TPSA) is 102 Å². The number of aliphatic hydroxyl groups is 1. The van der Waals surface area contributed by atoms with Crippen molar-refractivity contribution < 1.29 is 14.6 Å². The van der Waals surface area contributed by atoms with Gasteiger partial charge >= 0.3 is 5.69 Å². The molecule has 0 unspecified atom stereocenters. The van der Waals surface area contributed by atoms with Crippen molar-refractivity contribution >= 4 is 5.65 Å². The van der Waals surface area contributed by atoms with Gasteiger partial charge in [-0.3, -0.25) is 0 Å². The quantitative estimate of drug-likeness (QED) is 0.733. The molecule has 8 nitrogen and oxygen atoms in total. The number of rotatable bonds is 4. The smallest absolute Gasteiger partial charge is 0.364 e. The van der Waals surface area contributed by atoms with Crippen LogP contribution >= 0.6 is 0 Å². The Morgan fingerprint density at radius 2 is 2.14 bits per heavy atom. The molecule has 0 saturated carbocycles. The largest absolute Gasteiger partial charge is 0.493 e. The van der Waals surface area contributed by atoms with Gasteiger partial charge in [0.15, 0.2) is 17.1 Å². The van der Waals surface area contributed by atoms with E-state index >= 15 is 0 Å². The van der Waals surface area contributed by atoms with Crippen LogP contribution in [0.4, 0.5) is 0 Å². The van der Waals surface area contributed by atoms with Gasteiger partial charge in [-0.1, -0.05) is 6.07 Å². The summed E-state index contributed by atoms with van der Waals surface area (Å²) in [5, 5.41) is 19.2. The summed E-state index contributed by atoms with van der Waals surface area (Å²) in [5.41, 5.74) is 0.654. The summed E-state index contributed by atoms with van der Waals surface area (Å²) in [6, 6.07) is 8.23. The fourth-order valence-electron chi connectivity index (χ4n) is 1.85. The first-order valence-corrected chi connectivity index (χ1v) is 6.11.